The molecule has 4 nitrogen and oxygen atoms in total. The number of amides is 1. The summed E-state index contributed by atoms with van der Waals surface area (Å²) in [6.45, 7) is 0.670. The van der Waals surface area contributed by atoms with E-state index in [4.69, 9.17) is 10.5 Å². The smallest absolute Gasteiger partial charge is 0.265 e. The zero-order valence-electron chi connectivity index (χ0n) is 10.6. The monoisotopic (exact) mass is 256 g/mol. The van der Waals surface area contributed by atoms with Gasteiger partial charge in [-0.1, -0.05) is 18.2 Å². The molecule has 1 aliphatic carbocycles. The first-order chi connectivity index (χ1) is 9.24. The highest BCUT2D eigenvalue weighted by Gasteiger charge is 2.25. The summed E-state index contributed by atoms with van der Waals surface area (Å²) in [7, 11) is 0. The Balaban J connectivity index is 1.90. The average Bonchev–Trinajstić information content (AvgIpc) is 2.43. The van der Waals surface area contributed by atoms with E-state index in [0.717, 1.165) is 18.5 Å². The summed E-state index contributed by atoms with van der Waals surface area (Å²) < 4.78 is 5.43. The molecule has 1 heterocycles. The first kappa shape index (κ1) is 11.8. The Labute approximate surface area is 112 Å². The second-order valence-corrected chi connectivity index (χ2v) is 4.75. The molecule has 2 aliphatic rings. The highest BCUT2D eigenvalue weighted by molar-refractivity contribution is 5.98. The number of hydrogen-bond acceptors (Lipinski definition) is 3. The molecule has 0 radical (unpaired) electrons. The van der Waals surface area contributed by atoms with Gasteiger partial charge in [0, 0.05) is 11.8 Å². The molecular weight excluding hydrogens is 240 g/mol. The SMILES string of the molecule is Nc1ccc2c(c1)OCC(=O)N2CC1=CCCC=C1. The van der Waals surface area contributed by atoms with Crippen molar-refractivity contribution in [2.45, 2.75) is 12.8 Å². The molecule has 19 heavy (non-hydrogen) atoms. The number of nitrogen functional groups attached to an aromatic ring is 1. The van der Waals surface area contributed by atoms with Crippen LogP contribution in [0.25, 0.3) is 0 Å². The van der Waals surface area contributed by atoms with Crippen LogP contribution in [-0.2, 0) is 4.79 Å². The first-order valence-corrected chi connectivity index (χ1v) is 6.42. The van der Waals surface area contributed by atoms with Crippen molar-refractivity contribution in [3.05, 3.63) is 42.0 Å². The topological polar surface area (TPSA) is 55.6 Å². The van der Waals surface area contributed by atoms with Crippen LogP contribution >= 0.6 is 0 Å². The van der Waals surface area contributed by atoms with Crippen LogP contribution in [-0.4, -0.2) is 19.1 Å². The maximum atomic E-state index is 12.0. The molecule has 0 unspecified atom stereocenters. The second-order valence-electron chi connectivity index (χ2n) is 4.75. The number of fused-ring (bicyclic) bond motifs is 1. The standard InChI is InChI=1S/C15H16N2O2/c16-12-6-7-13-14(8-12)19-10-15(18)17(13)9-11-4-2-1-3-5-11/h2,4-8H,1,3,9-10,16H2. The van der Waals surface area contributed by atoms with E-state index < -0.39 is 0 Å². The number of carbonyl (C=O) groups is 1. The van der Waals surface area contributed by atoms with Crippen LogP contribution in [0, 0.1) is 0 Å². The molecule has 0 aromatic heterocycles. The van der Waals surface area contributed by atoms with Gasteiger partial charge in [0.15, 0.2) is 6.61 Å². The summed E-state index contributed by atoms with van der Waals surface area (Å²) in [5, 5.41) is 0. The third-order valence-corrected chi connectivity index (χ3v) is 3.34. The summed E-state index contributed by atoms with van der Waals surface area (Å²) in [5.74, 6) is 0.664. The lowest BCUT2D eigenvalue weighted by molar-refractivity contribution is -0.121. The van der Waals surface area contributed by atoms with Crippen LogP contribution in [0.1, 0.15) is 12.8 Å². The highest BCUT2D eigenvalue weighted by Crippen LogP contribution is 2.34. The molecule has 0 saturated carbocycles. The van der Waals surface area contributed by atoms with Gasteiger partial charge in [0.05, 0.1) is 12.2 Å². The Hall–Kier alpha value is -2.23. The molecule has 3 rings (SSSR count). The van der Waals surface area contributed by atoms with Crippen molar-refractivity contribution in [1.82, 2.24) is 0 Å². The van der Waals surface area contributed by atoms with Gasteiger partial charge < -0.3 is 15.4 Å². The number of hydrogen-bond donors (Lipinski definition) is 1. The maximum Gasteiger partial charge on any atom is 0.265 e. The van der Waals surface area contributed by atoms with E-state index in [9.17, 15) is 4.79 Å². The first-order valence-electron chi connectivity index (χ1n) is 6.42. The minimum absolute atomic E-state index is 0.0165. The van der Waals surface area contributed by atoms with Gasteiger partial charge in [-0.15, -0.1) is 0 Å². The molecule has 0 fully saturated rings. The molecule has 1 aromatic carbocycles. The fourth-order valence-electron chi connectivity index (χ4n) is 2.36. The molecule has 1 aliphatic heterocycles. The lowest BCUT2D eigenvalue weighted by atomic mass is 10.1. The largest absolute Gasteiger partial charge is 0.481 e. The van der Waals surface area contributed by atoms with Gasteiger partial charge in [-0.3, -0.25) is 4.79 Å². The number of benzene rings is 1. The van der Waals surface area contributed by atoms with E-state index in [1.165, 1.54) is 5.57 Å². The molecular formula is C15H16N2O2. The van der Waals surface area contributed by atoms with E-state index in [1.807, 2.05) is 6.07 Å². The van der Waals surface area contributed by atoms with Crippen molar-refractivity contribution in [2.75, 3.05) is 23.8 Å². The summed E-state index contributed by atoms with van der Waals surface area (Å²) in [6, 6.07) is 5.40. The van der Waals surface area contributed by atoms with Crippen molar-refractivity contribution in [1.29, 1.82) is 0 Å². The van der Waals surface area contributed by atoms with Gasteiger partial charge in [0.25, 0.3) is 5.91 Å². The Morgan fingerprint density at radius 1 is 1.32 bits per heavy atom. The van der Waals surface area contributed by atoms with Crippen LogP contribution in [0.3, 0.4) is 0 Å². The number of anilines is 2. The maximum absolute atomic E-state index is 12.0. The fraction of sp³-hybridized carbons (Fsp3) is 0.267. The number of ether oxygens (including phenoxy) is 1. The van der Waals surface area contributed by atoms with Gasteiger partial charge in [-0.2, -0.15) is 0 Å². The summed E-state index contributed by atoms with van der Waals surface area (Å²) in [4.78, 5) is 13.8. The van der Waals surface area contributed by atoms with Gasteiger partial charge in [0.1, 0.15) is 5.75 Å². The van der Waals surface area contributed by atoms with E-state index >= 15 is 0 Å². The second kappa shape index (κ2) is 4.80. The van der Waals surface area contributed by atoms with Gasteiger partial charge in [0.2, 0.25) is 0 Å². The van der Waals surface area contributed by atoms with Crippen molar-refractivity contribution in [2.24, 2.45) is 0 Å². The Morgan fingerprint density at radius 3 is 3.00 bits per heavy atom. The molecule has 4 heteroatoms. The molecule has 1 amide bonds. The van der Waals surface area contributed by atoms with E-state index in [0.29, 0.717) is 18.0 Å². The van der Waals surface area contributed by atoms with Crippen LogP contribution < -0.4 is 15.4 Å². The third-order valence-electron chi connectivity index (χ3n) is 3.34. The van der Waals surface area contributed by atoms with Crippen LogP contribution in [0.5, 0.6) is 5.75 Å². The van der Waals surface area contributed by atoms with Crippen molar-refractivity contribution < 1.29 is 9.53 Å². The predicted molar refractivity (Wildman–Crippen MR) is 75.2 cm³/mol. The van der Waals surface area contributed by atoms with Crippen LogP contribution in [0.2, 0.25) is 0 Å². The molecule has 0 spiro atoms. The van der Waals surface area contributed by atoms with E-state index in [1.54, 1.807) is 17.0 Å². The van der Waals surface area contributed by atoms with Crippen molar-refractivity contribution in [3.8, 4) is 5.75 Å². The zero-order valence-corrected chi connectivity index (χ0v) is 10.6. The number of allylic oxidation sites excluding steroid dienone is 2. The Kier molecular flexibility index (Phi) is 2.99. The van der Waals surface area contributed by atoms with Gasteiger partial charge in [-0.05, 0) is 30.5 Å². The fourth-order valence-corrected chi connectivity index (χ4v) is 2.36. The number of nitrogens with zero attached hydrogens (tertiary/aromatic N) is 1. The number of carbonyl (C=O) groups excluding carboxylic acids is 1. The van der Waals surface area contributed by atoms with E-state index in [-0.39, 0.29) is 12.5 Å². The summed E-state index contributed by atoms with van der Waals surface area (Å²) >= 11 is 0. The van der Waals surface area contributed by atoms with Crippen molar-refractivity contribution >= 4 is 17.3 Å². The van der Waals surface area contributed by atoms with Crippen LogP contribution in [0.15, 0.2) is 42.0 Å². The third kappa shape index (κ3) is 2.34. The lowest BCUT2D eigenvalue weighted by Crippen LogP contribution is -2.39. The van der Waals surface area contributed by atoms with E-state index in [2.05, 4.69) is 18.2 Å². The quantitative estimate of drug-likeness (QED) is 0.826. The Bertz CT molecular complexity index is 576. The minimum Gasteiger partial charge on any atom is -0.481 e. The average molecular weight is 256 g/mol. The molecule has 0 saturated heterocycles. The highest BCUT2D eigenvalue weighted by atomic mass is 16.5. The van der Waals surface area contributed by atoms with Crippen molar-refractivity contribution in [3.63, 3.8) is 0 Å². The molecule has 2 N–H and O–H groups in total. The lowest BCUT2D eigenvalue weighted by Gasteiger charge is -2.30. The van der Waals surface area contributed by atoms with Gasteiger partial charge in [-0.25, -0.2) is 0 Å². The molecule has 1 aromatic rings. The zero-order chi connectivity index (χ0) is 13.2. The molecule has 98 valence electrons. The van der Waals surface area contributed by atoms with Gasteiger partial charge >= 0.3 is 0 Å². The number of nitrogens with two attached hydrogens (primary N) is 1. The summed E-state index contributed by atoms with van der Waals surface area (Å²) in [5.41, 5.74) is 8.35. The normalized spacial score (nSPS) is 17.8. The molecule has 0 bridgehead atoms. The summed E-state index contributed by atoms with van der Waals surface area (Å²) in [6.07, 6.45) is 8.53. The Morgan fingerprint density at radius 2 is 2.21 bits per heavy atom. The number of rotatable bonds is 2. The predicted octanol–water partition coefficient (Wildman–Crippen LogP) is 2.27. The molecule has 0 atom stereocenters. The van der Waals surface area contributed by atoms with Crippen LogP contribution in [0.4, 0.5) is 11.4 Å². The minimum atomic E-state index is -0.0165.